The summed E-state index contributed by atoms with van der Waals surface area (Å²) >= 11 is 0. The van der Waals surface area contributed by atoms with E-state index in [0.29, 0.717) is 0 Å². The molecule has 0 aromatic rings. The van der Waals surface area contributed by atoms with Crippen molar-refractivity contribution in [2.75, 3.05) is 0 Å². The van der Waals surface area contributed by atoms with Gasteiger partial charge >= 0.3 is 0 Å². The summed E-state index contributed by atoms with van der Waals surface area (Å²) in [4.78, 5) is 5.51. The van der Waals surface area contributed by atoms with Crippen molar-refractivity contribution in [1.29, 1.82) is 0 Å². The fraction of sp³-hybridized carbons (Fsp3) is 0.929. The molecule has 0 N–H and O–H groups in total. The summed E-state index contributed by atoms with van der Waals surface area (Å²) in [5.41, 5.74) is 1.08. The van der Waals surface area contributed by atoms with Crippen molar-refractivity contribution >= 4 is 5.71 Å². The number of unbranched alkanes of at least 4 members (excludes halogenated alkanes) is 3. The highest BCUT2D eigenvalue weighted by molar-refractivity contribution is 5.83. The normalized spacial score (nSPS) is 12.9. The van der Waals surface area contributed by atoms with Crippen molar-refractivity contribution in [2.24, 2.45) is 5.16 Å². The molecular weight excluding hydrogens is 198 g/mol. The zero-order valence-corrected chi connectivity index (χ0v) is 11.8. The zero-order chi connectivity index (χ0) is 12.4. The molecule has 0 radical (unpaired) electrons. The van der Waals surface area contributed by atoms with Crippen LogP contribution in [0.15, 0.2) is 5.16 Å². The van der Waals surface area contributed by atoms with Gasteiger partial charge in [-0.2, -0.15) is 0 Å². The Morgan fingerprint density at radius 2 is 1.50 bits per heavy atom. The maximum atomic E-state index is 5.51. The highest BCUT2D eigenvalue weighted by Crippen LogP contribution is 2.12. The average molecular weight is 227 g/mol. The van der Waals surface area contributed by atoms with Crippen LogP contribution in [0, 0.1) is 0 Å². The van der Waals surface area contributed by atoms with Gasteiger partial charge in [0.15, 0.2) is 0 Å². The minimum atomic E-state index is -0.164. The van der Waals surface area contributed by atoms with E-state index >= 15 is 0 Å². The first-order valence-electron chi connectivity index (χ1n) is 6.73. The van der Waals surface area contributed by atoms with Crippen LogP contribution in [0.1, 0.15) is 79.6 Å². The fourth-order valence-electron chi connectivity index (χ4n) is 1.38. The van der Waals surface area contributed by atoms with Gasteiger partial charge in [-0.25, -0.2) is 0 Å². The van der Waals surface area contributed by atoms with E-state index in [-0.39, 0.29) is 5.60 Å². The van der Waals surface area contributed by atoms with E-state index in [9.17, 15) is 0 Å². The fourth-order valence-corrected chi connectivity index (χ4v) is 1.38. The van der Waals surface area contributed by atoms with Crippen LogP contribution in [0.4, 0.5) is 0 Å². The first kappa shape index (κ1) is 15.5. The van der Waals surface area contributed by atoms with Crippen molar-refractivity contribution in [3.63, 3.8) is 0 Å². The van der Waals surface area contributed by atoms with Gasteiger partial charge in [-0.15, -0.1) is 0 Å². The van der Waals surface area contributed by atoms with Crippen LogP contribution >= 0.6 is 0 Å². The third kappa shape index (κ3) is 10.0. The molecule has 0 aromatic heterocycles. The monoisotopic (exact) mass is 227 g/mol. The number of hydrogen-bond donors (Lipinski definition) is 0. The lowest BCUT2D eigenvalue weighted by molar-refractivity contribution is 0.000140. The maximum absolute atomic E-state index is 5.51. The molecule has 0 rings (SSSR count). The van der Waals surface area contributed by atoms with Gasteiger partial charge in [0.1, 0.15) is 5.60 Å². The van der Waals surface area contributed by atoms with Crippen molar-refractivity contribution in [3.05, 3.63) is 0 Å². The standard InChI is InChI=1S/C14H29NO/c1-6-8-10-12-13(11-9-7-2)15-16-14(3,4)5/h6-12H2,1-5H3. The molecule has 0 unspecified atom stereocenters. The molecule has 0 aliphatic heterocycles. The summed E-state index contributed by atoms with van der Waals surface area (Å²) < 4.78 is 0. The molecule has 0 heterocycles. The predicted molar refractivity (Wildman–Crippen MR) is 71.9 cm³/mol. The lowest BCUT2D eigenvalue weighted by atomic mass is 10.1. The third-order valence-electron chi connectivity index (χ3n) is 2.34. The molecule has 0 saturated heterocycles. The molecule has 0 amide bonds. The van der Waals surface area contributed by atoms with Crippen LogP contribution in [-0.2, 0) is 4.84 Å². The minimum Gasteiger partial charge on any atom is -0.390 e. The van der Waals surface area contributed by atoms with Crippen molar-refractivity contribution < 1.29 is 4.84 Å². The molecule has 0 saturated carbocycles. The maximum Gasteiger partial charge on any atom is 0.129 e. The van der Waals surface area contributed by atoms with E-state index in [0.717, 1.165) is 12.8 Å². The Kier molecular flexibility index (Phi) is 8.32. The van der Waals surface area contributed by atoms with Crippen LogP contribution in [0.2, 0.25) is 0 Å². The van der Waals surface area contributed by atoms with Gasteiger partial charge < -0.3 is 4.84 Å². The number of hydrogen-bond acceptors (Lipinski definition) is 2. The van der Waals surface area contributed by atoms with E-state index in [1.165, 1.54) is 37.8 Å². The van der Waals surface area contributed by atoms with Gasteiger partial charge in [0, 0.05) is 0 Å². The third-order valence-corrected chi connectivity index (χ3v) is 2.34. The molecule has 2 nitrogen and oxygen atoms in total. The molecule has 16 heavy (non-hydrogen) atoms. The van der Waals surface area contributed by atoms with Crippen LogP contribution in [-0.4, -0.2) is 11.3 Å². The summed E-state index contributed by atoms with van der Waals surface area (Å²) in [5, 5.41) is 4.32. The second-order valence-corrected chi connectivity index (χ2v) is 5.42. The average Bonchev–Trinajstić information content (AvgIpc) is 2.20. The van der Waals surface area contributed by atoms with Crippen LogP contribution in [0.5, 0.6) is 0 Å². The molecule has 0 aromatic carbocycles. The summed E-state index contributed by atoms with van der Waals surface area (Å²) in [6.07, 6.45) is 8.44. The predicted octanol–water partition coefficient (Wildman–Crippen LogP) is 4.93. The first-order chi connectivity index (χ1) is 7.49. The molecule has 2 heteroatoms. The van der Waals surface area contributed by atoms with Crippen LogP contribution < -0.4 is 0 Å². The van der Waals surface area contributed by atoms with Crippen LogP contribution in [0.3, 0.4) is 0 Å². The topological polar surface area (TPSA) is 21.6 Å². The van der Waals surface area contributed by atoms with E-state index in [1.54, 1.807) is 0 Å². The summed E-state index contributed by atoms with van der Waals surface area (Å²) in [6.45, 7) is 10.6. The Bertz CT molecular complexity index is 191. The zero-order valence-electron chi connectivity index (χ0n) is 11.8. The van der Waals surface area contributed by atoms with E-state index in [4.69, 9.17) is 4.84 Å². The van der Waals surface area contributed by atoms with Gasteiger partial charge in [-0.3, -0.25) is 0 Å². The molecule has 0 fully saturated rings. The van der Waals surface area contributed by atoms with Gasteiger partial charge in [0.25, 0.3) is 0 Å². The molecule has 0 spiro atoms. The number of oxime groups is 1. The molecule has 0 aliphatic carbocycles. The van der Waals surface area contributed by atoms with Gasteiger partial charge in [0.2, 0.25) is 0 Å². The highest BCUT2D eigenvalue weighted by atomic mass is 16.6. The Balaban J connectivity index is 4.07. The number of nitrogens with zero attached hydrogens (tertiary/aromatic N) is 1. The second kappa shape index (κ2) is 8.60. The Morgan fingerprint density at radius 3 is 2.00 bits per heavy atom. The van der Waals surface area contributed by atoms with Gasteiger partial charge in [0.05, 0.1) is 5.71 Å². The highest BCUT2D eigenvalue weighted by Gasteiger charge is 2.11. The molecule has 0 bridgehead atoms. The molecule has 0 aliphatic rings. The van der Waals surface area contributed by atoms with Crippen molar-refractivity contribution in [2.45, 2.75) is 85.2 Å². The van der Waals surface area contributed by atoms with E-state index in [2.05, 4.69) is 19.0 Å². The van der Waals surface area contributed by atoms with Crippen molar-refractivity contribution in [1.82, 2.24) is 0 Å². The van der Waals surface area contributed by atoms with Crippen molar-refractivity contribution in [3.8, 4) is 0 Å². The Hall–Kier alpha value is -0.530. The lowest BCUT2D eigenvalue weighted by Gasteiger charge is -2.17. The van der Waals surface area contributed by atoms with Gasteiger partial charge in [-0.1, -0.05) is 38.3 Å². The summed E-state index contributed by atoms with van der Waals surface area (Å²) in [7, 11) is 0. The first-order valence-corrected chi connectivity index (χ1v) is 6.73. The smallest absolute Gasteiger partial charge is 0.129 e. The van der Waals surface area contributed by atoms with E-state index < -0.39 is 0 Å². The quantitative estimate of drug-likeness (QED) is 0.327. The Morgan fingerprint density at radius 1 is 0.938 bits per heavy atom. The van der Waals surface area contributed by atoms with E-state index in [1.807, 2.05) is 20.8 Å². The molecule has 96 valence electrons. The Labute approximate surface area is 101 Å². The minimum absolute atomic E-state index is 0.164. The largest absolute Gasteiger partial charge is 0.390 e. The van der Waals surface area contributed by atoms with Gasteiger partial charge in [-0.05, 0) is 46.5 Å². The number of rotatable bonds is 8. The molecular formula is C14H29NO. The molecule has 0 atom stereocenters. The SMILES string of the molecule is CCCCCC(CCCC)=NOC(C)(C)C. The summed E-state index contributed by atoms with van der Waals surface area (Å²) in [5.74, 6) is 0. The summed E-state index contributed by atoms with van der Waals surface area (Å²) in [6, 6.07) is 0. The lowest BCUT2D eigenvalue weighted by Crippen LogP contribution is -2.17. The second-order valence-electron chi connectivity index (χ2n) is 5.42. The van der Waals surface area contributed by atoms with Crippen LogP contribution in [0.25, 0.3) is 0 Å².